The van der Waals surface area contributed by atoms with Gasteiger partial charge in [-0.1, -0.05) is 0 Å². The molecule has 0 fully saturated rings. The second-order valence-corrected chi connectivity index (χ2v) is 4.68. The van der Waals surface area contributed by atoms with Crippen molar-refractivity contribution >= 4 is 5.95 Å². The van der Waals surface area contributed by atoms with Gasteiger partial charge in [0.05, 0.1) is 6.54 Å². The van der Waals surface area contributed by atoms with Gasteiger partial charge in [-0.2, -0.15) is 0 Å². The zero-order valence-corrected chi connectivity index (χ0v) is 11.9. The molecule has 2 rings (SSSR count). The molecule has 0 saturated carbocycles. The minimum atomic E-state index is 0.665. The van der Waals surface area contributed by atoms with E-state index in [9.17, 15) is 0 Å². The van der Waals surface area contributed by atoms with Crippen molar-refractivity contribution in [3.63, 3.8) is 0 Å². The van der Waals surface area contributed by atoms with Gasteiger partial charge in [-0.15, -0.1) is 0 Å². The molecule has 0 aliphatic carbocycles. The van der Waals surface area contributed by atoms with E-state index in [2.05, 4.69) is 15.3 Å². The van der Waals surface area contributed by atoms with E-state index in [4.69, 9.17) is 4.42 Å². The molecule has 5 heteroatoms. The molecule has 2 aromatic rings. The Balaban J connectivity index is 2.10. The Morgan fingerprint density at radius 3 is 2.68 bits per heavy atom. The fraction of sp³-hybridized carbons (Fsp3) is 0.429. The minimum absolute atomic E-state index is 0.665. The first-order valence-electron chi connectivity index (χ1n) is 6.33. The average molecular weight is 260 g/mol. The Morgan fingerprint density at radius 1 is 1.32 bits per heavy atom. The smallest absolute Gasteiger partial charge is 0.225 e. The summed E-state index contributed by atoms with van der Waals surface area (Å²) < 4.78 is 5.56. The van der Waals surface area contributed by atoms with Crippen molar-refractivity contribution < 1.29 is 4.42 Å². The minimum Gasteiger partial charge on any atom is -0.464 e. The van der Waals surface area contributed by atoms with Crippen LogP contribution in [0.5, 0.6) is 0 Å². The molecule has 0 atom stereocenters. The number of nitrogens with zero attached hydrogens (tertiary/aromatic N) is 3. The van der Waals surface area contributed by atoms with Gasteiger partial charge >= 0.3 is 0 Å². The largest absolute Gasteiger partial charge is 0.464 e. The van der Waals surface area contributed by atoms with Gasteiger partial charge in [-0.3, -0.25) is 0 Å². The van der Waals surface area contributed by atoms with E-state index >= 15 is 0 Å². The Morgan fingerprint density at radius 2 is 2.11 bits per heavy atom. The SMILES string of the molecule is CNCc1cnc(N(C)Cc2ccc(C)o2)nc1C. The Kier molecular flexibility index (Phi) is 4.16. The van der Waals surface area contributed by atoms with Gasteiger partial charge in [0.25, 0.3) is 0 Å². The third-order valence-corrected chi connectivity index (χ3v) is 2.97. The highest BCUT2D eigenvalue weighted by molar-refractivity contribution is 5.32. The third-order valence-electron chi connectivity index (χ3n) is 2.97. The maximum Gasteiger partial charge on any atom is 0.225 e. The maximum absolute atomic E-state index is 5.56. The van der Waals surface area contributed by atoms with Gasteiger partial charge in [0, 0.05) is 31.0 Å². The van der Waals surface area contributed by atoms with Gasteiger partial charge in [0.15, 0.2) is 0 Å². The molecule has 19 heavy (non-hydrogen) atoms. The molecule has 0 amide bonds. The van der Waals surface area contributed by atoms with Gasteiger partial charge in [-0.25, -0.2) is 9.97 Å². The summed E-state index contributed by atoms with van der Waals surface area (Å²) in [7, 11) is 3.88. The predicted molar refractivity (Wildman–Crippen MR) is 75.1 cm³/mol. The number of nitrogens with one attached hydrogen (secondary N) is 1. The van der Waals surface area contributed by atoms with Crippen LogP contribution in [0.15, 0.2) is 22.7 Å². The molecule has 0 spiro atoms. The summed E-state index contributed by atoms with van der Waals surface area (Å²) in [4.78, 5) is 10.9. The molecule has 2 aromatic heterocycles. The van der Waals surface area contributed by atoms with Crippen LogP contribution in [0.3, 0.4) is 0 Å². The monoisotopic (exact) mass is 260 g/mol. The first kappa shape index (κ1) is 13.5. The zero-order chi connectivity index (χ0) is 13.8. The van der Waals surface area contributed by atoms with Gasteiger partial charge in [0.1, 0.15) is 11.5 Å². The molecular weight excluding hydrogens is 240 g/mol. The average Bonchev–Trinajstić information content (AvgIpc) is 2.77. The molecule has 0 aliphatic rings. The molecule has 1 N–H and O–H groups in total. The summed E-state index contributed by atoms with van der Waals surface area (Å²) in [5, 5.41) is 3.11. The summed E-state index contributed by atoms with van der Waals surface area (Å²) in [6.07, 6.45) is 1.87. The van der Waals surface area contributed by atoms with Crippen LogP contribution in [0, 0.1) is 13.8 Å². The molecule has 0 unspecified atom stereocenters. The molecule has 5 nitrogen and oxygen atoms in total. The van der Waals surface area contributed by atoms with E-state index in [0.29, 0.717) is 12.5 Å². The summed E-state index contributed by atoms with van der Waals surface area (Å²) in [5.41, 5.74) is 2.12. The normalized spacial score (nSPS) is 10.7. The Bertz CT molecular complexity index is 550. The first-order chi connectivity index (χ1) is 9.10. The van der Waals surface area contributed by atoms with Crippen LogP contribution in [-0.2, 0) is 13.1 Å². The molecule has 2 heterocycles. The summed E-state index contributed by atoms with van der Waals surface area (Å²) >= 11 is 0. The highest BCUT2D eigenvalue weighted by atomic mass is 16.3. The lowest BCUT2D eigenvalue weighted by Crippen LogP contribution is -2.20. The van der Waals surface area contributed by atoms with Crippen molar-refractivity contribution in [1.29, 1.82) is 0 Å². The van der Waals surface area contributed by atoms with Crippen molar-refractivity contribution in [2.24, 2.45) is 0 Å². The quantitative estimate of drug-likeness (QED) is 0.891. The first-order valence-corrected chi connectivity index (χ1v) is 6.33. The fourth-order valence-electron chi connectivity index (χ4n) is 1.90. The lowest BCUT2D eigenvalue weighted by Gasteiger charge is -2.16. The number of anilines is 1. The molecule has 0 radical (unpaired) electrons. The second-order valence-electron chi connectivity index (χ2n) is 4.68. The van der Waals surface area contributed by atoms with E-state index in [1.807, 2.05) is 51.2 Å². The van der Waals surface area contributed by atoms with E-state index in [-0.39, 0.29) is 0 Å². The topological polar surface area (TPSA) is 54.2 Å². The van der Waals surface area contributed by atoms with E-state index in [1.54, 1.807) is 0 Å². The fourth-order valence-corrected chi connectivity index (χ4v) is 1.90. The van der Waals surface area contributed by atoms with Crippen LogP contribution in [-0.4, -0.2) is 24.1 Å². The van der Waals surface area contributed by atoms with Crippen molar-refractivity contribution in [2.75, 3.05) is 19.0 Å². The summed E-state index contributed by atoms with van der Waals surface area (Å²) in [6, 6.07) is 3.94. The van der Waals surface area contributed by atoms with E-state index < -0.39 is 0 Å². The summed E-state index contributed by atoms with van der Waals surface area (Å²) in [5.74, 6) is 2.55. The Hall–Kier alpha value is -1.88. The molecule has 0 aliphatic heterocycles. The zero-order valence-electron chi connectivity index (χ0n) is 11.9. The highest BCUT2D eigenvalue weighted by Gasteiger charge is 2.09. The van der Waals surface area contributed by atoms with Crippen molar-refractivity contribution in [2.45, 2.75) is 26.9 Å². The van der Waals surface area contributed by atoms with Crippen molar-refractivity contribution in [1.82, 2.24) is 15.3 Å². The van der Waals surface area contributed by atoms with Crippen molar-refractivity contribution in [3.8, 4) is 0 Å². The number of hydrogen-bond donors (Lipinski definition) is 1. The van der Waals surface area contributed by atoms with Crippen LogP contribution < -0.4 is 10.2 Å². The van der Waals surface area contributed by atoms with Crippen LogP contribution in [0.1, 0.15) is 22.8 Å². The molecule has 102 valence electrons. The van der Waals surface area contributed by atoms with E-state index in [1.165, 1.54) is 0 Å². The molecule has 0 saturated heterocycles. The van der Waals surface area contributed by atoms with Gasteiger partial charge < -0.3 is 14.6 Å². The van der Waals surface area contributed by atoms with Gasteiger partial charge in [0.2, 0.25) is 5.95 Å². The molecular formula is C14H20N4O. The lowest BCUT2D eigenvalue weighted by atomic mass is 10.2. The molecule has 0 aromatic carbocycles. The Labute approximate surface area is 113 Å². The van der Waals surface area contributed by atoms with Crippen molar-refractivity contribution in [3.05, 3.63) is 41.1 Å². The number of rotatable bonds is 5. The maximum atomic E-state index is 5.56. The van der Waals surface area contributed by atoms with Crippen LogP contribution in [0.25, 0.3) is 0 Å². The number of aromatic nitrogens is 2. The summed E-state index contributed by atoms with van der Waals surface area (Å²) in [6.45, 7) is 5.39. The third kappa shape index (κ3) is 3.32. The molecule has 0 bridgehead atoms. The van der Waals surface area contributed by atoms with Crippen LogP contribution in [0.2, 0.25) is 0 Å². The lowest BCUT2D eigenvalue weighted by molar-refractivity contribution is 0.480. The van der Waals surface area contributed by atoms with Gasteiger partial charge in [-0.05, 0) is 33.0 Å². The highest BCUT2D eigenvalue weighted by Crippen LogP contribution is 2.14. The van der Waals surface area contributed by atoms with Crippen LogP contribution >= 0.6 is 0 Å². The number of hydrogen-bond acceptors (Lipinski definition) is 5. The predicted octanol–water partition coefficient (Wildman–Crippen LogP) is 2.04. The number of furan rings is 1. The van der Waals surface area contributed by atoms with E-state index in [0.717, 1.165) is 29.3 Å². The number of aryl methyl sites for hydroxylation is 2. The second kappa shape index (κ2) is 5.84. The standard InChI is InChI=1S/C14H20N4O/c1-10-5-6-13(19-10)9-18(4)14-16-8-12(7-15-3)11(2)17-14/h5-6,8,15H,7,9H2,1-4H3. The van der Waals surface area contributed by atoms with Crippen LogP contribution in [0.4, 0.5) is 5.95 Å².